The van der Waals surface area contributed by atoms with Crippen molar-refractivity contribution in [1.82, 2.24) is 4.90 Å². The number of benzene rings is 1. The van der Waals surface area contributed by atoms with Crippen LogP contribution in [0, 0.1) is 11.8 Å². The van der Waals surface area contributed by atoms with Gasteiger partial charge < -0.3 is 5.11 Å². The molecule has 25 heavy (non-hydrogen) atoms. The lowest BCUT2D eigenvalue weighted by molar-refractivity contribution is -0.138. The molecular formula is C20H29NO2S2. The van der Waals surface area contributed by atoms with E-state index < -0.39 is 12.0 Å². The fourth-order valence-electron chi connectivity index (χ4n) is 3.42. The summed E-state index contributed by atoms with van der Waals surface area (Å²) < 4.78 is 0.630. The van der Waals surface area contributed by atoms with Crippen molar-refractivity contribution in [1.29, 1.82) is 0 Å². The van der Waals surface area contributed by atoms with E-state index in [4.69, 9.17) is 12.2 Å². The van der Waals surface area contributed by atoms with Gasteiger partial charge in [-0.15, -0.1) is 0 Å². The molecular weight excluding hydrogens is 350 g/mol. The van der Waals surface area contributed by atoms with Crippen molar-refractivity contribution in [2.24, 2.45) is 11.8 Å². The SMILES string of the molecule is CCCCC[C@@H](O)[C@H](C(=O)N1C(=S)SC[C@@H]1c1ccccc1)C(C)C. The molecule has 1 aromatic carbocycles. The van der Waals surface area contributed by atoms with Gasteiger partial charge in [-0.1, -0.05) is 94.3 Å². The minimum atomic E-state index is -0.608. The van der Waals surface area contributed by atoms with Crippen LogP contribution in [0.15, 0.2) is 30.3 Å². The van der Waals surface area contributed by atoms with Crippen molar-refractivity contribution in [3.63, 3.8) is 0 Å². The molecule has 1 aromatic rings. The van der Waals surface area contributed by atoms with Gasteiger partial charge in [0.05, 0.1) is 18.1 Å². The third kappa shape index (κ3) is 5.05. The van der Waals surface area contributed by atoms with E-state index in [9.17, 15) is 9.90 Å². The van der Waals surface area contributed by atoms with E-state index in [1.165, 1.54) is 0 Å². The molecule has 1 heterocycles. The Hall–Kier alpha value is -0.910. The Balaban J connectivity index is 2.19. The maximum absolute atomic E-state index is 13.3. The first-order valence-corrected chi connectivity index (χ1v) is 10.6. The lowest BCUT2D eigenvalue weighted by atomic mass is 9.86. The van der Waals surface area contributed by atoms with Gasteiger partial charge in [0.25, 0.3) is 0 Å². The number of thioether (sulfide) groups is 1. The van der Waals surface area contributed by atoms with Gasteiger partial charge in [-0.2, -0.15) is 0 Å². The van der Waals surface area contributed by atoms with Crippen LogP contribution in [0.1, 0.15) is 58.1 Å². The van der Waals surface area contributed by atoms with Crippen LogP contribution in [0.2, 0.25) is 0 Å². The Kier molecular flexibility index (Phi) is 7.91. The smallest absolute Gasteiger partial charge is 0.234 e. The average molecular weight is 380 g/mol. The summed E-state index contributed by atoms with van der Waals surface area (Å²) in [6.45, 7) is 6.16. The van der Waals surface area contributed by atoms with E-state index >= 15 is 0 Å². The minimum absolute atomic E-state index is 0.0251. The molecule has 0 aromatic heterocycles. The van der Waals surface area contributed by atoms with Crippen molar-refractivity contribution in [3.8, 4) is 0 Å². The second-order valence-electron chi connectivity index (χ2n) is 7.04. The van der Waals surface area contributed by atoms with Crippen LogP contribution in [0.3, 0.4) is 0 Å². The van der Waals surface area contributed by atoms with E-state index in [1.54, 1.807) is 16.7 Å². The van der Waals surface area contributed by atoms with Crippen LogP contribution in [0.25, 0.3) is 0 Å². The highest BCUT2D eigenvalue weighted by atomic mass is 32.2. The third-order valence-electron chi connectivity index (χ3n) is 4.82. The van der Waals surface area contributed by atoms with E-state index in [0.29, 0.717) is 10.7 Å². The lowest BCUT2D eigenvalue weighted by Crippen LogP contribution is -2.44. The first kappa shape index (κ1) is 20.4. The second kappa shape index (κ2) is 9.70. The predicted octanol–water partition coefficient (Wildman–Crippen LogP) is 4.80. The zero-order chi connectivity index (χ0) is 18.4. The molecule has 0 radical (unpaired) electrons. The summed E-state index contributed by atoms with van der Waals surface area (Å²) in [7, 11) is 0. The molecule has 138 valence electrons. The van der Waals surface area contributed by atoms with Gasteiger partial charge in [0.1, 0.15) is 4.32 Å². The summed E-state index contributed by atoms with van der Waals surface area (Å²) in [5.74, 6) is 0.433. The summed E-state index contributed by atoms with van der Waals surface area (Å²) in [4.78, 5) is 15.1. The molecule has 3 atom stereocenters. The van der Waals surface area contributed by atoms with Crippen LogP contribution in [0.5, 0.6) is 0 Å². The highest BCUT2D eigenvalue weighted by molar-refractivity contribution is 8.23. The number of aliphatic hydroxyl groups excluding tert-OH is 1. The minimum Gasteiger partial charge on any atom is -0.392 e. The van der Waals surface area contributed by atoms with Gasteiger partial charge in [-0.3, -0.25) is 9.69 Å². The zero-order valence-corrected chi connectivity index (χ0v) is 17.0. The van der Waals surface area contributed by atoms with Crippen molar-refractivity contribution in [2.45, 2.75) is 58.6 Å². The summed E-state index contributed by atoms with van der Waals surface area (Å²) in [6.07, 6.45) is 3.21. The number of hydrogen-bond acceptors (Lipinski definition) is 4. The molecule has 0 spiro atoms. The quantitative estimate of drug-likeness (QED) is 0.520. The van der Waals surface area contributed by atoms with Crippen LogP contribution < -0.4 is 0 Å². The second-order valence-corrected chi connectivity index (χ2v) is 8.70. The molecule has 0 bridgehead atoms. The largest absolute Gasteiger partial charge is 0.392 e. The fourth-order valence-corrected chi connectivity index (χ4v) is 4.84. The molecule has 2 rings (SSSR count). The Morgan fingerprint density at radius 1 is 1.32 bits per heavy atom. The molecule has 5 heteroatoms. The van der Waals surface area contributed by atoms with E-state index in [-0.39, 0.29) is 17.9 Å². The topological polar surface area (TPSA) is 40.5 Å². The van der Waals surface area contributed by atoms with Crippen LogP contribution >= 0.6 is 24.0 Å². The summed E-state index contributed by atoms with van der Waals surface area (Å²) in [6, 6.07) is 10.0. The van der Waals surface area contributed by atoms with Gasteiger partial charge in [0.2, 0.25) is 5.91 Å². The van der Waals surface area contributed by atoms with E-state index in [0.717, 1.165) is 30.6 Å². The normalized spacial score (nSPS) is 20.1. The van der Waals surface area contributed by atoms with Crippen LogP contribution in [-0.4, -0.2) is 32.1 Å². The maximum atomic E-state index is 13.3. The number of aliphatic hydroxyl groups is 1. The molecule has 1 amide bonds. The number of unbranched alkanes of at least 4 members (excludes halogenated alkanes) is 2. The van der Waals surface area contributed by atoms with Crippen molar-refractivity contribution < 1.29 is 9.90 Å². The zero-order valence-electron chi connectivity index (χ0n) is 15.4. The monoisotopic (exact) mass is 379 g/mol. The fraction of sp³-hybridized carbons (Fsp3) is 0.600. The number of thiocarbonyl (C=S) groups is 1. The summed E-state index contributed by atoms with van der Waals surface area (Å²) in [5.41, 5.74) is 1.10. The van der Waals surface area contributed by atoms with Gasteiger partial charge in [-0.25, -0.2) is 0 Å². The molecule has 0 saturated carbocycles. The van der Waals surface area contributed by atoms with Gasteiger partial charge >= 0.3 is 0 Å². The number of nitrogens with zero attached hydrogens (tertiary/aromatic N) is 1. The highest BCUT2D eigenvalue weighted by Gasteiger charge is 2.41. The molecule has 0 aliphatic carbocycles. The number of hydrogen-bond donors (Lipinski definition) is 1. The first-order valence-electron chi connectivity index (χ1n) is 9.20. The number of rotatable bonds is 8. The molecule has 1 aliphatic rings. The summed E-state index contributed by atoms with van der Waals surface area (Å²) in [5, 5.41) is 10.7. The number of carbonyl (C=O) groups is 1. The molecule has 1 saturated heterocycles. The highest BCUT2D eigenvalue weighted by Crippen LogP contribution is 2.38. The maximum Gasteiger partial charge on any atom is 0.234 e. The first-order chi connectivity index (χ1) is 12.0. The van der Waals surface area contributed by atoms with E-state index in [1.807, 2.05) is 44.2 Å². The van der Waals surface area contributed by atoms with Crippen molar-refractivity contribution in [2.75, 3.05) is 5.75 Å². The number of carbonyl (C=O) groups excluding carboxylic acids is 1. The van der Waals surface area contributed by atoms with Crippen molar-refractivity contribution >= 4 is 34.2 Å². The predicted molar refractivity (Wildman–Crippen MR) is 110 cm³/mol. The number of amides is 1. The molecule has 1 N–H and O–H groups in total. The summed E-state index contributed by atoms with van der Waals surface area (Å²) >= 11 is 7.03. The Morgan fingerprint density at radius 3 is 2.60 bits per heavy atom. The van der Waals surface area contributed by atoms with Gasteiger partial charge in [-0.05, 0) is 17.9 Å². The standard InChI is InChI=1S/C20H29NO2S2/c1-4-5-7-12-17(22)18(14(2)3)19(23)21-16(13-25-20(21)24)15-10-8-6-9-11-15/h6,8-11,14,16-18,22H,4-5,7,12-13H2,1-3H3/t16-,17-,18-/m1/s1. The third-order valence-corrected chi connectivity index (χ3v) is 6.29. The van der Waals surface area contributed by atoms with Crippen LogP contribution in [-0.2, 0) is 4.79 Å². The molecule has 0 unspecified atom stereocenters. The van der Waals surface area contributed by atoms with E-state index in [2.05, 4.69) is 6.92 Å². The Labute approximate surface area is 161 Å². The Bertz CT molecular complexity index is 576. The molecule has 3 nitrogen and oxygen atoms in total. The lowest BCUT2D eigenvalue weighted by Gasteiger charge is -2.32. The van der Waals surface area contributed by atoms with Crippen LogP contribution in [0.4, 0.5) is 0 Å². The Morgan fingerprint density at radius 2 is 2.00 bits per heavy atom. The van der Waals surface area contributed by atoms with Gasteiger partial charge in [0, 0.05) is 5.75 Å². The van der Waals surface area contributed by atoms with Crippen molar-refractivity contribution in [3.05, 3.63) is 35.9 Å². The molecule has 1 aliphatic heterocycles. The average Bonchev–Trinajstić information content (AvgIpc) is 2.97. The van der Waals surface area contributed by atoms with Gasteiger partial charge in [0.15, 0.2) is 0 Å². The molecule has 1 fully saturated rings.